The molecular weight excluding hydrogens is 334 g/mol. The van der Waals surface area contributed by atoms with Gasteiger partial charge in [-0.1, -0.05) is 30.7 Å². The number of nitrogens with two attached hydrogens (primary N) is 1. The zero-order valence-corrected chi connectivity index (χ0v) is 14.7. The van der Waals surface area contributed by atoms with Crippen LogP contribution in [0.2, 0.25) is 0 Å². The molecule has 23 heavy (non-hydrogen) atoms. The average Bonchev–Trinajstić information content (AvgIpc) is 2.53. The molecule has 128 valence electrons. The molecule has 0 aromatic rings. The molecular formula is C16H24ClN3O2S. The standard InChI is InChI=1S/C16H24ClN3O2S/c1-10-4-5-12(20-13(18)6-7-14(21)22)15(17)16(10)23-11-3-2-8-19-9-11/h2,4-5,8-11,13-14,16,20-22H,3,6-7,18H2,1H3/t10-,11?,13+,16?/m0/s1. The number of rotatable bonds is 7. The van der Waals surface area contributed by atoms with Crippen molar-refractivity contribution >= 4 is 29.6 Å². The number of aliphatic hydroxyl groups excluding tert-OH is 1. The van der Waals surface area contributed by atoms with E-state index in [9.17, 15) is 0 Å². The summed E-state index contributed by atoms with van der Waals surface area (Å²) < 4.78 is 0. The Hall–Kier alpha value is -0.790. The molecule has 2 rings (SSSR count). The van der Waals surface area contributed by atoms with Crippen molar-refractivity contribution in [2.45, 2.75) is 49.1 Å². The van der Waals surface area contributed by atoms with Crippen LogP contribution in [0.3, 0.4) is 0 Å². The monoisotopic (exact) mass is 357 g/mol. The molecule has 0 saturated carbocycles. The van der Waals surface area contributed by atoms with Crippen LogP contribution in [0.25, 0.3) is 0 Å². The fourth-order valence-electron chi connectivity index (χ4n) is 2.46. The maximum Gasteiger partial charge on any atom is 0.151 e. The molecule has 5 N–H and O–H groups in total. The van der Waals surface area contributed by atoms with Crippen molar-refractivity contribution in [3.8, 4) is 0 Å². The van der Waals surface area contributed by atoms with Gasteiger partial charge < -0.3 is 21.3 Å². The Kier molecular flexibility index (Phi) is 7.17. The highest BCUT2D eigenvalue weighted by Crippen LogP contribution is 2.38. The first-order chi connectivity index (χ1) is 11.0. The summed E-state index contributed by atoms with van der Waals surface area (Å²) in [7, 11) is 0. The summed E-state index contributed by atoms with van der Waals surface area (Å²) in [5.41, 5.74) is 6.79. The van der Waals surface area contributed by atoms with Crippen LogP contribution in [0.5, 0.6) is 0 Å². The van der Waals surface area contributed by atoms with Crippen LogP contribution in [-0.2, 0) is 0 Å². The highest BCUT2D eigenvalue weighted by atomic mass is 35.5. The minimum atomic E-state index is -1.34. The van der Waals surface area contributed by atoms with Crippen LogP contribution in [-0.4, -0.2) is 39.4 Å². The molecule has 7 heteroatoms. The third-order valence-corrected chi connectivity index (χ3v) is 5.95. The van der Waals surface area contributed by atoms with Crippen molar-refractivity contribution in [3.63, 3.8) is 0 Å². The van der Waals surface area contributed by atoms with E-state index < -0.39 is 6.29 Å². The molecule has 1 aliphatic carbocycles. The van der Waals surface area contributed by atoms with Gasteiger partial charge in [0.05, 0.1) is 16.9 Å². The van der Waals surface area contributed by atoms with E-state index in [4.69, 9.17) is 27.5 Å². The van der Waals surface area contributed by atoms with E-state index in [-0.39, 0.29) is 17.8 Å². The number of hydrogen-bond donors (Lipinski definition) is 4. The molecule has 0 amide bonds. The van der Waals surface area contributed by atoms with E-state index in [0.29, 0.717) is 17.6 Å². The predicted molar refractivity (Wildman–Crippen MR) is 97.2 cm³/mol. The second-order valence-corrected chi connectivity index (χ2v) is 7.60. The minimum absolute atomic E-state index is 0.155. The molecule has 2 aliphatic rings. The largest absolute Gasteiger partial charge is 0.369 e. The van der Waals surface area contributed by atoms with Crippen molar-refractivity contribution in [3.05, 3.63) is 35.2 Å². The average molecular weight is 358 g/mol. The zero-order valence-electron chi connectivity index (χ0n) is 13.1. The van der Waals surface area contributed by atoms with Gasteiger partial charge in [-0.15, -0.1) is 11.8 Å². The van der Waals surface area contributed by atoms with Crippen LogP contribution in [0.4, 0.5) is 0 Å². The molecule has 0 fully saturated rings. The molecule has 4 atom stereocenters. The summed E-state index contributed by atoms with van der Waals surface area (Å²) in [6.45, 7) is 2.14. The van der Waals surface area contributed by atoms with E-state index in [1.54, 1.807) is 11.8 Å². The van der Waals surface area contributed by atoms with Crippen molar-refractivity contribution in [1.82, 2.24) is 5.32 Å². The fraction of sp³-hybridized carbons (Fsp3) is 0.562. The van der Waals surface area contributed by atoms with Gasteiger partial charge in [0.1, 0.15) is 0 Å². The molecule has 0 aromatic carbocycles. The number of aliphatic hydroxyl groups is 2. The molecule has 0 radical (unpaired) electrons. The third-order valence-electron chi connectivity index (χ3n) is 3.76. The molecule has 5 nitrogen and oxygen atoms in total. The fourth-order valence-corrected chi connectivity index (χ4v) is 4.25. The van der Waals surface area contributed by atoms with Crippen molar-refractivity contribution in [2.24, 2.45) is 16.6 Å². The number of aliphatic imine (C=N–C) groups is 1. The minimum Gasteiger partial charge on any atom is -0.369 e. The Morgan fingerprint density at radius 2 is 2.26 bits per heavy atom. The van der Waals surface area contributed by atoms with Gasteiger partial charge in [-0.25, -0.2) is 0 Å². The first kappa shape index (κ1) is 18.5. The van der Waals surface area contributed by atoms with E-state index >= 15 is 0 Å². The smallest absolute Gasteiger partial charge is 0.151 e. The lowest BCUT2D eigenvalue weighted by Crippen LogP contribution is -2.39. The van der Waals surface area contributed by atoms with Crippen LogP contribution < -0.4 is 11.1 Å². The lowest BCUT2D eigenvalue weighted by Gasteiger charge is -2.30. The Labute approximate surface area is 146 Å². The SMILES string of the molecule is C[C@H]1C=CC(N[C@@H](N)CCC(O)O)=C(Cl)C1SC1C=NC=CC1. The molecule has 0 spiro atoms. The summed E-state index contributed by atoms with van der Waals surface area (Å²) in [6, 6.07) is 0. The van der Waals surface area contributed by atoms with Crippen LogP contribution in [0.1, 0.15) is 26.2 Å². The van der Waals surface area contributed by atoms with Crippen molar-refractivity contribution in [2.75, 3.05) is 0 Å². The number of nitrogens with one attached hydrogen (secondary N) is 1. The van der Waals surface area contributed by atoms with E-state index in [2.05, 4.69) is 29.4 Å². The number of halogens is 1. The van der Waals surface area contributed by atoms with Gasteiger partial charge in [-0.3, -0.25) is 4.99 Å². The second kappa shape index (κ2) is 8.89. The Morgan fingerprint density at radius 1 is 1.48 bits per heavy atom. The van der Waals surface area contributed by atoms with E-state index in [0.717, 1.165) is 17.2 Å². The topological polar surface area (TPSA) is 90.9 Å². The summed E-state index contributed by atoms with van der Waals surface area (Å²) >= 11 is 8.40. The number of hydrogen-bond acceptors (Lipinski definition) is 6. The second-order valence-electron chi connectivity index (χ2n) is 5.80. The van der Waals surface area contributed by atoms with Crippen molar-refractivity contribution < 1.29 is 10.2 Å². The summed E-state index contributed by atoms with van der Waals surface area (Å²) in [5, 5.41) is 22.2. The summed E-state index contributed by atoms with van der Waals surface area (Å²) in [6.07, 6.45) is 9.84. The maximum absolute atomic E-state index is 8.92. The molecule has 2 unspecified atom stereocenters. The van der Waals surface area contributed by atoms with E-state index in [1.807, 2.05) is 18.5 Å². The normalized spacial score (nSPS) is 28.5. The molecule has 0 bridgehead atoms. The Balaban J connectivity index is 1.98. The van der Waals surface area contributed by atoms with Crippen molar-refractivity contribution in [1.29, 1.82) is 0 Å². The highest BCUT2D eigenvalue weighted by molar-refractivity contribution is 8.01. The van der Waals surface area contributed by atoms with Gasteiger partial charge in [0.2, 0.25) is 0 Å². The van der Waals surface area contributed by atoms with Gasteiger partial charge in [0.25, 0.3) is 0 Å². The zero-order chi connectivity index (χ0) is 16.8. The molecule has 1 aliphatic heterocycles. The Morgan fingerprint density at radius 3 is 2.91 bits per heavy atom. The molecule has 1 heterocycles. The summed E-state index contributed by atoms with van der Waals surface area (Å²) in [4.78, 5) is 4.20. The number of nitrogens with zero attached hydrogens (tertiary/aromatic N) is 1. The van der Waals surface area contributed by atoms with Gasteiger partial charge >= 0.3 is 0 Å². The van der Waals surface area contributed by atoms with E-state index in [1.165, 1.54) is 0 Å². The maximum atomic E-state index is 8.92. The van der Waals surface area contributed by atoms with Gasteiger partial charge in [0.15, 0.2) is 6.29 Å². The lowest BCUT2D eigenvalue weighted by molar-refractivity contribution is -0.0476. The Bertz CT molecular complexity index is 519. The lowest BCUT2D eigenvalue weighted by atomic mass is 10.0. The number of allylic oxidation sites excluding steroid dienone is 3. The number of thioether (sulfide) groups is 1. The predicted octanol–water partition coefficient (Wildman–Crippen LogP) is 2.07. The van der Waals surface area contributed by atoms with Gasteiger partial charge in [-0.2, -0.15) is 0 Å². The van der Waals surface area contributed by atoms with Crippen LogP contribution >= 0.6 is 23.4 Å². The van der Waals surface area contributed by atoms with Gasteiger partial charge in [0, 0.05) is 29.3 Å². The first-order valence-electron chi connectivity index (χ1n) is 7.77. The summed E-state index contributed by atoms with van der Waals surface area (Å²) in [5.74, 6) is 0.327. The quantitative estimate of drug-likeness (QED) is 0.524. The highest BCUT2D eigenvalue weighted by Gasteiger charge is 2.28. The van der Waals surface area contributed by atoms with Crippen LogP contribution in [0.15, 0.2) is 40.1 Å². The third kappa shape index (κ3) is 5.65. The van der Waals surface area contributed by atoms with Crippen LogP contribution in [0, 0.1) is 5.92 Å². The molecule has 0 saturated heterocycles. The first-order valence-corrected chi connectivity index (χ1v) is 9.09. The van der Waals surface area contributed by atoms with Gasteiger partial charge in [-0.05, 0) is 24.8 Å². The molecule has 0 aromatic heterocycles.